The van der Waals surface area contributed by atoms with Gasteiger partial charge in [-0.05, 0) is 5.53 Å². The van der Waals surface area contributed by atoms with E-state index in [0.29, 0.717) is 5.56 Å². The van der Waals surface area contributed by atoms with Crippen LogP contribution in [0.25, 0.3) is 0 Å². The van der Waals surface area contributed by atoms with E-state index >= 15 is 0 Å². The van der Waals surface area contributed by atoms with Gasteiger partial charge in [-0.1, -0.05) is 30.3 Å². The molecule has 51 valence electrons. The predicted molar refractivity (Wildman–Crippen MR) is 36.0 cm³/mol. The molecule has 0 spiro atoms. The van der Waals surface area contributed by atoms with Crippen LogP contribution in [0.4, 0.5) is 0 Å². The molecule has 0 amide bonds. The maximum Gasteiger partial charge on any atom is 0.193 e. The molecule has 0 aliphatic carbocycles. The molecule has 0 bridgehead atoms. The van der Waals surface area contributed by atoms with Crippen molar-refractivity contribution in [2.45, 2.75) is 6.23 Å². The van der Waals surface area contributed by atoms with Gasteiger partial charge in [-0.3, -0.25) is 0 Å². The Bertz CT molecular complexity index is 210. The first-order valence-electron chi connectivity index (χ1n) is 2.92. The largest absolute Gasteiger partial charge is 0.366 e. The van der Waals surface area contributed by atoms with Crippen molar-refractivity contribution in [2.75, 3.05) is 0 Å². The summed E-state index contributed by atoms with van der Waals surface area (Å²) in [5.74, 6) is 0. The summed E-state index contributed by atoms with van der Waals surface area (Å²) < 4.78 is 0. The number of nitrogens with zero attached hydrogens (tertiary/aromatic N) is 2. The normalized spacial score (nSPS) is 12.5. The Hall–Kier alpha value is -1.22. The summed E-state index contributed by atoms with van der Waals surface area (Å²) in [6.07, 6.45) is -1.11. The minimum absolute atomic E-state index is 0.588. The molecule has 1 rings (SSSR count). The number of hydrogen-bond acceptors (Lipinski definition) is 2. The van der Waals surface area contributed by atoms with Crippen molar-refractivity contribution in [3.05, 3.63) is 35.9 Å². The summed E-state index contributed by atoms with van der Waals surface area (Å²) in [7, 11) is 0. The molecule has 0 aromatic heterocycles. The lowest BCUT2D eigenvalue weighted by Crippen LogP contribution is -1.90. The fourth-order valence-electron chi connectivity index (χ4n) is 0.692. The van der Waals surface area contributed by atoms with E-state index < -0.39 is 6.23 Å². The second-order valence-electron chi connectivity index (χ2n) is 1.90. The van der Waals surface area contributed by atoms with Gasteiger partial charge in [-0.2, -0.15) is 0 Å². The second-order valence-corrected chi connectivity index (χ2v) is 1.90. The third-order valence-corrected chi connectivity index (χ3v) is 1.21. The Balaban J connectivity index is 2.84. The Morgan fingerprint density at radius 3 is 2.40 bits per heavy atom. The van der Waals surface area contributed by atoms with Crippen LogP contribution < -0.4 is 5.53 Å². The lowest BCUT2D eigenvalue weighted by atomic mass is 10.2. The van der Waals surface area contributed by atoms with Gasteiger partial charge in [0.25, 0.3) is 0 Å². The van der Waals surface area contributed by atoms with Gasteiger partial charge in [0.05, 0.1) is 0 Å². The highest BCUT2D eigenvalue weighted by Gasteiger charge is 2.01. The smallest absolute Gasteiger partial charge is 0.193 e. The van der Waals surface area contributed by atoms with Crippen molar-refractivity contribution < 1.29 is 5.11 Å². The van der Waals surface area contributed by atoms with E-state index in [0.717, 1.165) is 0 Å². The number of rotatable bonds is 2. The van der Waals surface area contributed by atoms with Gasteiger partial charge in [0, 0.05) is 5.56 Å². The fraction of sp³-hybridized carbons (Fsp3) is 0.143. The molecule has 1 unspecified atom stereocenters. The van der Waals surface area contributed by atoms with Gasteiger partial charge in [-0.25, -0.2) is 0 Å². The maximum atomic E-state index is 8.91. The number of benzene rings is 1. The van der Waals surface area contributed by atoms with Crippen molar-refractivity contribution >= 4 is 0 Å². The Morgan fingerprint density at radius 2 is 1.90 bits per heavy atom. The van der Waals surface area contributed by atoms with Gasteiger partial charge in [-0.15, -0.1) is 5.11 Å². The van der Waals surface area contributed by atoms with Gasteiger partial charge in [0.15, 0.2) is 6.23 Å². The van der Waals surface area contributed by atoms with Crippen LogP contribution in [0.15, 0.2) is 35.4 Å². The summed E-state index contributed by atoms with van der Waals surface area (Å²) in [4.78, 5) is 0. The molecule has 1 aromatic carbocycles. The molecule has 10 heavy (non-hydrogen) atoms. The monoisotopic (exact) mass is 135 g/mol. The third-order valence-electron chi connectivity index (χ3n) is 1.21. The molecule has 0 saturated carbocycles. The Labute approximate surface area is 58.8 Å². The highest BCUT2D eigenvalue weighted by molar-refractivity contribution is 5.16. The van der Waals surface area contributed by atoms with Crippen molar-refractivity contribution in [1.82, 2.24) is 5.53 Å². The summed E-state index contributed by atoms with van der Waals surface area (Å²) >= 11 is 0. The molecule has 3 nitrogen and oxygen atoms in total. The minimum atomic E-state index is -1.11. The van der Waals surface area contributed by atoms with Crippen LogP contribution in [0.2, 0.25) is 0 Å². The lowest BCUT2D eigenvalue weighted by Gasteiger charge is -1.99. The highest BCUT2D eigenvalue weighted by atomic mass is 16.3. The minimum Gasteiger partial charge on any atom is -0.366 e. The molecule has 0 aliphatic rings. The molecule has 0 fully saturated rings. The zero-order valence-corrected chi connectivity index (χ0v) is 5.31. The van der Waals surface area contributed by atoms with E-state index in [1.54, 1.807) is 24.3 Å². The molecule has 1 radical (unpaired) electrons. The molecule has 0 heterocycles. The molecule has 0 saturated heterocycles. The number of aliphatic hydroxyl groups excluding tert-OH is 1. The standard InChI is InChI=1S/C7H7N2O/c8-9-7(10)6-4-2-1-3-5-6/h1-5,7,10H. The van der Waals surface area contributed by atoms with Crippen LogP contribution in [0, 0.1) is 0 Å². The van der Waals surface area contributed by atoms with E-state index in [4.69, 9.17) is 10.6 Å². The van der Waals surface area contributed by atoms with E-state index in [2.05, 4.69) is 5.11 Å². The SMILES string of the molecule is [N]=NC(O)c1ccccc1. The summed E-state index contributed by atoms with van der Waals surface area (Å²) in [5, 5.41) is 11.6. The zero-order chi connectivity index (χ0) is 7.40. The molecule has 3 heteroatoms. The van der Waals surface area contributed by atoms with Crippen LogP contribution in [-0.2, 0) is 0 Å². The quantitative estimate of drug-likeness (QED) is 0.602. The first-order valence-corrected chi connectivity index (χ1v) is 2.92. The summed E-state index contributed by atoms with van der Waals surface area (Å²) in [6.45, 7) is 0. The third kappa shape index (κ3) is 1.39. The van der Waals surface area contributed by atoms with Gasteiger partial charge >= 0.3 is 0 Å². The Kier molecular flexibility index (Phi) is 2.12. The highest BCUT2D eigenvalue weighted by Crippen LogP contribution is 2.10. The van der Waals surface area contributed by atoms with E-state index in [1.165, 1.54) is 0 Å². The maximum absolute atomic E-state index is 8.91. The zero-order valence-electron chi connectivity index (χ0n) is 5.31. The van der Waals surface area contributed by atoms with Crippen LogP contribution in [0.1, 0.15) is 11.8 Å². The van der Waals surface area contributed by atoms with Crippen molar-refractivity contribution in [3.8, 4) is 0 Å². The topological polar surface area (TPSA) is 54.9 Å². The van der Waals surface area contributed by atoms with Crippen LogP contribution in [0.5, 0.6) is 0 Å². The van der Waals surface area contributed by atoms with Gasteiger partial charge < -0.3 is 5.11 Å². The molecule has 1 atom stereocenters. The molecule has 1 aromatic rings. The van der Waals surface area contributed by atoms with Crippen LogP contribution in [-0.4, -0.2) is 5.11 Å². The van der Waals surface area contributed by atoms with Crippen molar-refractivity contribution in [3.63, 3.8) is 0 Å². The van der Waals surface area contributed by atoms with E-state index in [1.807, 2.05) is 6.07 Å². The fourth-order valence-corrected chi connectivity index (χ4v) is 0.692. The Morgan fingerprint density at radius 1 is 1.30 bits per heavy atom. The molecule has 0 aliphatic heterocycles. The average Bonchev–Trinajstić information content (AvgIpc) is 2.05. The van der Waals surface area contributed by atoms with E-state index in [-0.39, 0.29) is 0 Å². The second kappa shape index (κ2) is 3.08. The van der Waals surface area contributed by atoms with Crippen molar-refractivity contribution in [1.29, 1.82) is 0 Å². The number of hydrogen-bond donors (Lipinski definition) is 1. The van der Waals surface area contributed by atoms with Crippen LogP contribution in [0.3, 0.4) is 0 Å². The first kappa shape index (κ1) is 6.89. The number of aliphatic hydroxyl groups is 1. The molecular formula is C7H7N2O. The van der Waals surface area contributed by atoms with Crippen molar-refractivity contribution in [2.24, 2.45) is 5.11 Å². The lowest BCUT2D eigenvalue weighted by molar-refractivity contribution is 0.180. The van der Waals surface area contributed by atoms with Crippen LogP contribution >= 0.6 is 0 Å². The van der Waals surface area contributed by atoms with Gasteiger partial charge in [0.1, 0.15) is 0 Å². The summed E-state index contributed by atoms with van der Waals surface area (Å²) in [6, 6.07) is 8.73. The molecular weight excluding hydrogens is 128 g/mol. The summed E-state index contributed by atoms with van der Waals surface area (Å²) in [5.41, 5.74) is 8.75. The molecule has 1 N–H and O–H groups in total. The average molecular weight is 135 g/mol. The predicted octanol–water partition coefficient (Wildman–Crippen LogP) is 0.930. The van der Waals surface area contributed by atoms with Gasteiger partial charge in [0.2, 0.25) is 0 Å². The van der Waals surface area contributed by atoms with E-state index in [9.17, 15) is 0 Å². The first-order chi connectivity index (χ1) is 4.84.